The molecule has 1 rings (SSSR count). The number of carbonyl (C=O) groups is 1. The van der Waals surface area contributed by atoms with E-state index in [-0.39, 0.29) is 18.6 Å². The van der Waals surface area contributed by atoms with Crippen molar-refractivity contribution in [2.45, 2.75) is 26.3 Å². The zero-order valence-electron chi connectivity index (χ0n) is 9.46. The molecule has 0 aliphatic heterocycles. The maximum absolute atomic E-state index is 11.8. The van der Waals surface area contributed by atoms with Crippen LogP contribution in [0.2, 0.25) is 5.02 Å². The Balaban J connectivity index is 2.72. The van der Waals surface area contributed by atoms with E-state index in [0.29, 0.717) is 17.0 Å². The largest absolute Gasteiger partial charge is 0.396 e. The molecule has 0 bridgehead atoms. The Morgan fingerprint density at radius 2 is 2.19 bits per heavy atom. The van der Waals surface area contributed by atoms with E-state index in [0.717, 1.165) is 5.56 Å². The first-order chi connectivity index (χ1) is 7.52. The second-order valence-electron chi connectivity index (χ2n) is 3.90. The van der Waals surface area contributed by atoms with Crippen molar-refractivity contribution in [3.63, 3.8) is 0 Å². The van der Waals surface area contributed by atoms with Gasteiger partial charge in [-0.25, -0.2) is 0 Å². The van der Waals surface area contributed by atoms with Crippen LogP contribution in [0.3, 0.4) is 0 Å². The van der Waals surface area contributed by atoms with Gasteiger partial charge in [-0.15, -0.1) is 0 Å². The molecule has 0 heterocycles. The third kappa shape index (κ3) is 3.83. The van der Waals surface area contributed by atoms with Crippen molar-refractivity contribution >= 4 is 17.5 Å². The van der Waals surface area contributed by atoms with Crippen molar-refractivity contribution < 1.29 is 9.90 Å². The van der Waals surface area contributed by atoms with Crippen LogP contribution in [-0.2, 0) is 0 Å². The molecule has 0 saturated heterocycles. The second kappa shape index (κ2) is 5.87. The molecule has 3 nitrogen and oxygen atoms in total. The van der Waals surface area contributed by atoms with Crippen LogP contribution in [0.1, 0.15) is 29.3 Å². The number of aryl methyl sites for hydroxylation is 1. The predicted molar refractivity (Wildman–Crippen MR) is 64.8 cm³/mol. The number of aliphatic hydroxyl groups is 1. The molecule has 16 heavy (non-hydrogen) atoms. The van der Waals surface area contributed by atoms with E-state index in [4.69, 9.17) is 16.7 Å². The normalized spacial score (nSPS) is 12.2. The van der Waals surface area contributed by atoms with Crippen molar-refractivity contribution in [1.29, 1.82) is 0 Å². The van der Waals surface area contributed by atoms with Crippen molar-refractivity contribution in [3.05, 3.63) is 34.3 Å². The van der Waals surface area contributed by atoms with Crippen LogP contribution in [-0.4, -0.2) is 23.7 Å². The van der Waals surface area contributed by atoms with Crippen molar-refractivity contribution in [1.82, 2.24) is 5.32 Å². The minimum atomic E-state index is -0.161. The Bertz CT molecular complexity index is 359. The Morgan fingerprint density at radius 3 is 2.75 bits per heavy atom. The number of halogens is 1. The first kappa shape index (κ1) is 13.0. The fourth-order valence-electron chi connectivity index (χ4n) is 1.44. The second-order valence-corrected chi connectivity index (χ2v) is 4.34. The molecule has 4 heteroatoms. The number of aliphatic hydroxyl groups excluding tert-OH is 1. The van der Waals surface area contributed by atoms with Gasteiger partial charge in [-0.2, -0.15) is 0 Å². The fraction of sp³-hybridized carbons (Fsp3) is 0.417. The molecule has 1 unspecified atom stereocenters. The standard InChI is InChI=1S/C12H16ClNO2/c1-8-5-10(7-11(13)6-8)12(16)14-9(2)3-4-15/h5-7,9,15H,3-4H2,1-2H3,(H,14,16). The molecule has 1 aromatic carbocycles. The van der Waals surface area contributed by atoms with Gasteiger partial charge in [0.15, 0.2) is 0 Å². The number of carbonyl (C=O) groups excluding carboxylic acids is 1. The summed E-state index contributed by atoms with van der Waals surface area (Å²) in [7, 11) is 0. The lowest BCUT2D eigenvalue weighted by Gasteiger charge is -2.12. The Kier molecular flexibility index (Phi) is 4.77. The molecular formula is C12H16ClNO2. The minimum absolute atomic E-state index is 0.0446. The zero-order valence-corrected chi connectivity index (χ0v) is 10.2. The van der Waals surface area contributed by atoms with Crippen LogP contribution >= 0.6 is 11.6 Å². The van der Waals surface area contributed by atoms with Crippen molar-refractivity contribution in [2.75, 3.05) is 6.61 Å². The summed E-state index contributed by atoms with van der Waals surface area (Å²) in [5.74, 6) is -0.161. The van der Waals surface area contributed by atoms with E-state index >= 15 is 0 Å². The molecule has 0 saturated carbocycles. The van der Waals surface area contributed by atoms with Gasteiger partial charge in [0.2, 0.25) is 0 Å². The summed E-state index contributed by atoms with van der Waals surface area (Å²) >= 11 is 5.87. The maximum atomic E-state index is 11.8. The zero-order chi connectivity index (χ0) is 12.1. The molecule has 0 spiro atoms. The van der Waals surface area contributed by atoms with Gasteiger partial charge < -0.3 is 10.4 Å². The number of rotatable bonds is 4. The molecule has 0 radical (unpaired) electrons. The van der Waals surface area contributed by atoms with Crippen molar-refractivity contribution in [3.8, 4) is 0 Å². The lowest BCUT2D eigenvalue weighted by Crippen LogP contribution is -2.33. The van der Waals surface area contributed by atoms with Gasteiger partial charge in [0.1, 0.15) is 0 Å². The SMILES string of the molecule is Cc1cc(Cl)cc(C(=O)NC(C)CCO)c1. The summed E-state index contributed by atoms with van der Waals surface area (Å²) < 4.78 is 0. The average Bonchev–Trinajstić information content (AvgIpc) is 2.16. The first-order valence-corrected chi connectivity index (χ1v) is 5.59. The molecule has 1 atom stereocenters. The molecule has 1 amide bonds. The van der Waals surface area contributed by atoms with Crippen molar-refractivity contribution in [2.24, 2.45) is 0 Å². The molecule has 88 valence electrons. The molecule has 2 N–H and O–H groups in total. The highest BCUT2D eigenvalue weighted by Crippen LogP contribution is 2.14. The summed E-state index contributed by atoms with van der Waals surface area (Å²) in [5.41, 5.74) is 1.50. The quantitative estimate of drug-likeness (QED) is 0.849. The van der Waals surface area contributed by atoms with E-state index < -0.39 is 0 Å². The van der Waals surface area contributed by atoms with Crippen LogP contribution < -0.4 is 5.32 Å². The molecular weight excluding hydrogens is 226 g/mol. The number of hydrogen-bond acceptors (Lipinski definition) is 2. The van der Waals surface area contributed by atoms with Gasteiger partial charge in [0, 0.05) is 23.2 Å². The molecule has 0 aliphatic rings. The highest BCUT2D eigenvalue weighted by Gasteiger charge is 2.10. The number of hydrogen-bond donors (Lipinski definition) is 2. The van der Waals surface area contributed by atoms with Crippen LogP contribution in [0.15, 0.2) is 18.2 Å². The monoisotopic (exact) mass is 241 g/mol. The first-order valence-electron chi connectivity index (χ1n) is 5.22. The Hall–Kier alpha value is -1.06. The van der Waals surface area contributed by atoms with Gasteiger partial charge in [-0.1, -0.05) is 11.6 Å². The van der Waals surface area contributed by atoms with E-state index in [1.807, 2.05) is 13.8 Å². The summed E-state index contributed by atoms with van der Waals surface area (Å²) in [6, 6.07) is 5.18. The highest BCUT2D eigenvalue weighted by atomic mass is 35.5. The van der Waals surface area contributed by atoms with Gasteiger partial charge in [0.25, 0.3) is 5.91 Å². The summed E-state index contributed by atoms with van der Waals surface area (Å²) in [4.78, 5) is 11.8. The van der Waals surface area contributed by atoms with Gasteiger partial charge in [-0.05, 0) is 44.0 Å². The van der Waals surface area contributed by atoms with E-state index in [9.17, 15) is 4.79 Å². The smallest absolute Gasteiger partial charge is 0.251 e. The Labute approximate surface area is 100 Å². The lowest BCUT2D eigenvalue weighted by molar-refractivity contribution is 0.0934. The van der Waals surface area contributed by atoms with Crippen LogP contribution in [0.25, 0.3) is 0 Å². The topological polar surface area (TPSA) is 49.3 Å². The highest BCUT2D eigenvalue weighted by molar-refractivity contribution is 6.31. The lowest BCUT2D eigenvalue weighted by atomic mass is 10.1. The summed E-state index contributed by atoms with van der Waals surface area (Å²) in [6.45, 7) is 3.81. The third-order valence-corrected chi connectivity index (χ3v) is 2.46. The number of nitrogens with one attached hydrogen (secondary N) is 1. The van der Waals surface area contributed by atoms with Crippen LogP contribution in [0.5, 0.6) is 0 Å². The van der Waals surface area contributed by atoms with Gasteiger partial charge >= 0.3 is 0 Å². The molecule has 0 aromatic heterocycles. The molecule has 0 fully saturated rings. The Morgan fingerprint density at radius 1 is 1.50 bits per heavy atom. The van der Waals surface area contributed by atoms with Gasteiger partial charge in [-0.3, -0.25) is 4.79 Å². The average molecular weight is 242 g/mol. The maximum Gasteiger partial charge on any atom is 0.251 e. The third-order valence-electron chi connectivity index (χ3n) is 2.24. The summed E-state index contributed by atoms with van der Waals surface area (Å²) in [6.07, 6.45) is 0.547. The predicted octanol–water partition coefficient (Wildman–Crippen LogP) is 2.15. The molecule has 1 aromatic rings. The van der Waals surface area contributed by atoms with E-state index in [2.05, 4.69) is 5.32 Å². The van der Waals surface area contributed by atoms with Gasteiger partial charge in [0.05, 0.1) is 0 Å². The minimum Gasteiger partial charge on any atom is -0.396 e. The number of amides is 1. The fourth-order valence-corrected chi connectivity index (χ4v) is 1.73. The molecule has 0 aliphatic carbocycles. The van der Waals surface area contributed by atoms with Crippen LogP contribution in [0.4, 0.5) is 0 Å². The van der Waals surface area contributed by atoms with E-state index in [1.165, 1.54) is 0 Å². The number of benzene rings is 1. The van der Waals surface area contributed by atoms with Crippen LogP contribution in [0, 0.1) is 6.92 Å². The van der Waals surface area contributed by atoms with E-state index in [1.54, 1.807) is 18.2 Å². The summed E-state index contributed by atoms with van der Waals surface area (Å²) in [5, 5.41) is 12.1.